The van der Waals surface area contributed by atoms with E-state index in [1.54, 1.807) is 18.2 Å². The van der Waals surface area contributed by atoms with Gasteiger partial charge in [-0.05, 0) is 24.6 Å². The van der Waals surface area contributed by atoms with Crippen LogP contribution < -0.4 is 10.6 Å². The van der Waals surface area contributed by atoms with E-state index in [0.29, 0.717) is 22.1 Å². The van der Waals surface area contributed by atoms with E-state index in [-0.39, 0.29) is 0 Å². The highest BCUT2D eigenvalue weighted by molar-refractivity contribution is 6.30. The van der Waals surface area contributed by atoms with Crippen molar-refractivity contribution in [2.24, 2.45) is 0 Å². The van der Waals surface area contributed by atoms with Crippen LogP contribution in [0.15, 0.2) is 24.5 Å². The molecule has 0 bridgehead atoms. The van der Waals surface area contributed by atoms with Crippen LogP contribution in [-0.4, -0.2) is 17.0 Å². The van der Waals surface area contributed by atoms with E-state index in [1.807, 2.05) is 14.0 Å². The van der Waals surface area contributed by atoms with E-state index < -0.39 is 0 Å². The maximum Gasteiger partial charge on any atom is 0.139 e. The molecule has 0 radical (unpaired) electrons. The number of hydrogen-bond acceptors (Lipinski definition) is 5. The molecule has 0 aliphatic rings. The first-order valence-corrected chi connectivity index (χ1v) is 6.55. The Morgan fingerprint density at radius 3 is 2.70 bits per heavy atom. The largest absolute Gasteiger partial charge is 0.373 e. The van der Waals surface area contributed by atoms with E-state index >= 15 is 0 Å². The summed E-state index contributed by atoms with van der Waals surface area (Å²) >= 11 is 5.98. The molecule has 6 heteroatoms. The van der Waals surface area contributed by atoms with Crippen molar-refractivity contribution in [3.8, 4) is 6.07 Å². The molecule has 2 aromatic rings. The van der Waals surface area contributed by atoms with Gasteiger partial charge in [-0.3, -0.25) is 0 Å². The van der Waals surface area contributed by atoms with Crippen LogP contribution in [0, 0.1) is 11.3 Å². The SMILES string of the molecule is CCc1c(NC)ncnc1Nc1cc(Cl)ccc1C#N. The summed E-state index contributed by atoms with van der Waals surface area (Å²) in [5.74, 6) is 1.44. The third-order valence-electron chi connectivity index (χ3n) is 2.89. The fraction of sp³-hybridized carbons (Fsp3) is 0.214. The molecule has 0 unspecified atom stereocenters. The van der Waals surface area contributed by atoms with Crippen molar-refractivity contribution < 1.29 is 0 Å². The second-order valence-corrected chi connectivity index (χ2v) is 4.52. The van der Waals surface area contributed by atoms with Gasteiger partial charge < -0.3 is 10.6 Å². The third kappa shape index (κ3) is 2.81. The summed E-state index contributed by atoms with van der Waals surface area (Å²) in [6.45, 7) is 2.02. The molecule has 0 fully saturated rings. The number of halogens is 1. The van der Waals surface area contributed by atoms with Gasteiger partial charge in [0, 0.05) is 17.6 Å². The molecule has 5 nitrogen and oxygen atoms in total. The standard InChI is InChI=1S/C14H14ClN5/c1-3-11-13(17-2)18-8-19-14(11)20-12-6-10(15)5-4-9(12)7-16/h4-6,8H,3H2,1-2H3,(H2,17,18,19,20). The molecule has 20 heavy (non-hydrogen) atoms. The van der Waals surface area contributed by atoms with Crippen molar-refractivity contribution in [1.29, 1.82) is 5.26 Å². The van der Waals surface area contributed by atoms with Crippen molar-refractivity contribution in [2.75, 3.05) is 17.7 Å². The van der Waals surface area contributed by atoms with Crippen LogP contribution in [0.3, 0.4) is 0 Å². The van der Waals surface area contributed by atoms with E-state index in [1.165, 1.54) is 6.33 Å². The first-order valence-electron chi connectivity index (χ1n) is 6.17. The summed E-state index contributed by atoms with van der Waals surface area (Å²) < 4.78 is 0. The van der Waals surface area contributed by atoms with Gasteiger partial charge in [0.2, 0.25) is 0 Å². The van der Waals surface area contributed by atoms with Crippen LogP contribution >= 0.6 is 11.6 Å². The molecular weight excluding hydrogens is 274 g/mol. The topological polar surface area (TPSA) is 73.6 Å². The maximum absolute atomic E-state index is 9.14. The molecule has 0 aliphatic carbocycles. The Bertz CT molecular complexity index is 663. The average Bonchev–Trinajstić information content (AvgIpc) is 2.47. The zero-order valence-electron chi connectivity index (χ0n) is 11.2. The van der Waals surface area contributed by atoms with Crippen molar-refractivity contribution in [3.63, 3.8) is 0 Å². The summed E-state index contributed by atoms with van der Waals surface area (Å²) in [7, 11) is 1.81. The lowest BCUT2D eigenvalue weighted by molar-refractivity contribution is 1.05. The Labute approximate surface area is 122 Å². The van der Waals surface area contributed by atoms with Gasteiger partial charge in [-0.2, -0.15) is 5.26 Å². The second-order valence-electron chi connectivity index (χ2n) is 4.08. The normalized spacial score (nSPS) is 9.90. The second kappa shape index (κ2) is 6.22. The van der Waals surface area contributed by atoms with Gasteiger partial charge in [-0.25, -0.2) is 9.97 Å². The van der Waals surface area contributed by atoms with Crippen LogP contribution in [0.4, 0.5) is 17.3 Å². The van der Waals surface area contributed by atoms with E-state index in [0.717, 1.165) is 17.8 Å². The number of nitrogens with one attached hydrogen (secondary N) is 2. The van der Waals surface area contributed by atoms with Crippen LogP contribution in [0.25, 0.3) is 0 Å². The van der Waals surface area contributed by atoms with Crippen LogP contribution in [0.5, 0.6) is 0 Å². The predicted molar refractivity (Wildman–Crippen MR) is 80.4 cm³/mol. The van der Waals surface area contributed by atoms with Gasteiger partial charge in [0.05, 0.1) is 11.3 Å². The van der Waals surface area contributed by atoms with Crippen molar-refractivity contribution in [3.05, 3.63) is 40.7 Å². The molecule has 0 amide bonds. The highest BCUT2D eigenvalue weighted by Crippen LogP contribution is 2.27. The zero-order valence-corrected chi connectivity index (χ0v) is 12.0. The van der Waals surface area contributed by atoms with Gasteiger partial charge in [0.15, 0.2) is 0 Å². The first-order chi connectivity index (χ1) is 9.69. The first kappa shape index (κ1) is 14.1. The number of hydrogen-bond donors (Lipinski definition) is 2. The summed E-state index contributed by atoms with van der Waals surface area (Å²) in [6.07, 6.45) is 2.24. The Kier molecular flexibility index (Phi) is 4.38. The molecule has 0 saturated heterocycles. The summed E-state index contributed by atoms with van der Waals surface area (Å²) in [5, 5.41) is 15.9. The molecular formula is C14H14ClN5. The average molecular weight is 288 g/mol. The monoisotopic (exact) mass is 287 g/mol. The van der Waals surface area contributed by atoms with Gasteiger partial charge in [0.25, 0.3) is 0 Å². The number of nitrogens with zero attached hydrogens (tertiary/aromatic N) is 3. The minimum absolute atomic E-state index is 0.515. The van der Waals surface area contributed by atoms with Crippen molar-refractivity contribution in [2.45, 2.75) is 13.3 Å². The summed E-state index contributed by atoms with van der Waals surface area (Å²) in [4.78, 5) is 8.42. The molecule has 2 rings (SSSR count). The Hall–Kier alpha value is -2.32. The molecule has 0 spiro atoms. The number of anilines is 3. The number of aromatic nitrogens is 2. The Morgan fingerprint density at radius 1 is 1.30 bits per heavy atom. The highest BCUT2D eigenvalue weighted by Gasteiger charge is 2.11. The maximum atomic E-state index is 9.14. The Morgan fingerprint density at radius 2 is 2.05 bits per heavy atom. The van der Waals surface area contributed by atoms with E-state index in [9.17, 15) is 0 Å². The highest BCUT2D eigenvalue weighted by atomic mass is 35.5. The molecule has 1 aromatic carbocycles. The third-order valence-corrected chi connectivity index (χ3v) is 3.13. The molecule has 2 N–H and O–H groups in total. The molecule has 0 atom stereocenters. The minimum atomic E-state index is 0.515. The lowest BCUT2D eigenvalue weighted by atomic mass is 10.1. The van der Waals surface area contributed by atoms with Crippen LogP contribution in [-0.2, 0) is 6.42 Å². The van der Waals surface area contributed by atoms with Crippen molar-refractivity contribution >= 4 is 28.9 Å². The summed E-state index contributed by atoms with van der Waals surface area (Å²) in [6, 6.07) is 7.20. The number of rotatable bonds is 4. The fourth-order valence-corrected chi connectivity index (χ4v) is 2.09. The smallest absolute Gasteiger partial charge is 0.139 e. The van der Waals surface area contributed by atoms with Crippen molar-refractivity contribution in [1.82, 2.24) is 9.97 Å². The van der Waals surface area contributed by atoms with Crippen LogP contribution in [0.1, 0.15) is 18.1 Å². The lowest BCUT2D eigenvalue weighted by Gasteiger charge is -2.13. The molecule has 1 aromatic heterocycles. The van der Waals surface area contributed by atoms with Gasteiger partial charge in [0.1, 0.15) is 24.0 Å². The Balaban J connectivity index is 2.45. The summed E-state index contributed by atoms with van der Waals surface area (Å²) in [5.41, 5.74) is 2.11. The number of nitriles is 1. The number of benzene rings is 1. The minimum Gasteiger partial charge on any atom is -0.373 e. The van der Waals surface area contributed by atoms with Gasteiger partial charge in [-0.15, -0.1) is 0 Å². The quantitative estimate of drug-likeness (QED) is 0.902. The fourth-order valence-electron chi connectivity index (χ4n) is 1.92. The van der Waals surface area contributed by atoms with Gasteiger partial charge in [-0.1, -0.05) is 18.5 Å². The van der Waals surface area contributed by atoms with Crippen LogP contribution in [0.2, 0.25) is 5.02 Å². The molecule has 0 aliphatic heterocycles. The van der Waals surface area contributed by atoms with Gasteiger partial charge >= 0.3 is 0 Å². The predicted octanol–water partition coefficient (Wildman–Crippen LogP) is 3.35. The molecule has 1 heterocycles. The molecule has 102 valence electrons. The zero-order chi connectivity index (χ0) is 14.5. The van der Waals surface area contributed by atoms with E-state index in [2.05, 4.69) is 26.7 Å². The lowest BCUT2D eigenvalue weighted by Crippen LogP contribution is -2.05. The molecule has 0 saturated carbocycles. The van der Waals surface area contributed by atoms with E-state index in [4.69, 9.17) is 16.9 Å².